The summed E-state index contributed by atoms with van der Waals surface area (Å²) in [5, 5.41) is 26.0. The van der Waals surface area contributed by atoms with Gasteiger partial charge in [-0.1, -0.05) is 0 Å². The highest BCUT2D eigenvalue weighted by atomic mass is 16.4. The van der Waals surface area contributed by atoms with Crippen molar-refractivity contribution in [3.05, 3.63) is 11.1 Å². The van der Waals surface area contributed by atoms with Crippen molar-refractivity contribution in [1.82, 2.24) is 0 Å². The van der Waals surface area contributed by atoms with Crippen LogP contribution in [-0.2, 0) is 9.59 Å². The maximum Gasteiger partial charge on any atom is 0.332 e. The second-order valence-electron chi connectivity index (χ2n) is 2.77. The van der Waals surface area contributed by atoms with Crippen LogP contribution in [0.3, 0.4) is 0 Å². The summed E-state index contributed by atoms with van der Waals surface area (Å²) in [6, 6.07) is 0. The van der Waals surface area contributed by atoms with Crippen molar-refractivity contribution in [3.8, 4) is 0 Å². The largest absolute Gasteiger partial charge is 0.478 e. The third kappa shape index (κ3) is 3.71. The fraction of sp³-hybridized carbons (Fsp3) is 0.500. The highest BCUT2D eigenvalue weighted by molar-refractivity contribution is 5.98. The Morgan fingerprint density at radius 2 is 1.69 bits per heavy atom. The summed E-state index contributed by atoms with van der Waals surface area (Å²) in [5.74, 6) is -2.58. The molecule has 1 unspecified atom stereocenters. The molecule has 0 saturated carbocycles. The van der Waals surface area contributed by atoms with Crippen LogP contribution in [0.4, 0.5) is 0 Å². The van der Waals surface area contributed by atoms with E-state index in [9.17, 15) is 9.59 Å². The maximum absolute atomic E-state index is 10.5. The van der Waals surface area contributed by atoms with E-state index in [0.717, 1.165) is 0 Å². The molecule has 0 aliphatic carbocycles. The molecule has 3 N–H and O–H groups in total. The number of aliphatic hydroxyl groups is 1. The van der Waals surface area contributed by atoms with E-state index in [1.54, 1.807) is 0 Å². The molecule has 0 aromatic carbocycles. The van der Waals surface area contributed by atoms with Crippen LogP contribution in [0.25, 0.3) is 0 Å². The number of hydrogen-bond donors (Lipinski definition) is 3. The number of rotatable bonds is 4. The van der Waals surface area contributed by atoms with Gasteiger partial charge in [-0.3, -0.25) is 0 Å². The summed E-state index contributed by atoms with van der Waals surface area (Å²) in [5.41, 5.74) is -0.504. The fourth-order valence-electron chi connectivity index (χ4n) is 0.825. The summed E-state index contributed by atoms with van der Waals surface area (Å²) < 4.78 is 0. The summed E-state index contributed by atoms with van der Waals surface area (Å²) in [6.07, 6.45) is -1.02. The van der Waals surface area contributed by atoms with Crippen LogP contribution in [0.15, 0.2) is 11.1 Å². The zero-order valence-electron chi connectivity index (χ0n) is 7.44. The van der Waals surface area contributed by atoms with Gasteiger partial charge in [-0.05, 0) is 13.8 Å². The van der Waals surface area contributed by atoms with Crippen molar-refractivity contribution in [3.63, 3.8) is 0 Å². The highest BCUT2D eigenvalue weighted by Gasteiger charge is 2.17. The first kappa shape index (κ1) is 11.6. The average molecular weight is 188 g/mol. The minimum atomic E-state index is -1.30. The quantitative estimate of drug-likeness (QED) is 0.549. The normalized spacial score (nSPS) is 14.7. The molecule has 0 radical (unpaired) electrons. The van der Waals surface area contributed by atoms with Crippen LogP contribution in [-0.4, -0.2) is 33.4 Å². The molecule has 1 atom stereocenters. The molecule has 0 amide bonds. The third-order valence-electron chi connectivity index (χ3n) is 1.53. The number of carboxylic acids is 2. The topological polar surface area (TPSA) is 94.8 Å². The monoisotopic (exact) mass is 188 g/mol. The van der Waals surface area contributed by atoms with Crippen LogP contribution in [0.1, 0.15) is 20.3 Å². The van der Waals surface area contributed by atoms with E-state index >= 15 is 0 Å². The van der Waals surface area contributed by atoms with Gasteiger partial charge in [0.2, 0.25) is 0 Å². The molecule has 0 aromatic heterocycles. The zero-order chi connectivity index (χ0) is 10.6. The number of aliphatic hydroxyl groups excluding tert-OH is 1. The Kier molecular flexibility index (Phi) is 4.13. The summed E-state index contributed by atoms with van der Waals surface area (Å²) in [6.45, 7) is 2.60. The van der Waals surface area contributed by atoms with E-state index in [4.69, 9.17) is 15.3 Å². The van der Waals surface area contributed by atoms with Gasteiger partial charge in [0.15, 0.2) is 0 Å². The smallest absolute Gasteiger partial charge is 0.332 e. The van der Waals surface area contributed by atoms with Gasteiger partial charge in [0.05, 0.1) is 6.10 Å². The molecule has 0 saturated heterocycles. The van der Waals surface area contributed by atoms with Gasteiger partial charge in [0.25, 0.3) is 0 Å². The minimum absolute atomic E-state index is 0.159. The van der Waals surface area contributed by atoms with E-state index in [2.05, 4.69) is 0 Å². The zero-order valence-corrected chi connectivity index (χ0v) is 7.44. The van der Waals surface area contributed by atoms with Gasteiger partial charge in [0, 0.05) is 17.6 Å². The number of carbonyl (C=O) groups is 2. The second-order valence-corrected chi connectivity index (χ2v) is 2.77. The standard InChI is InChI=1S/C8H12O5/c1-4(9)3-6(8(12)13)5(2)7(10)11/h4,9H,3H2,1-2H3,(H,10,11)(H,12,13). The van der Waals surface area contributed by atoms with Gasteiger partial charge in [-0.2, -0.15) is 0 Å². The molecule has 0 heterocycles. The molecular formula is C8H12O5. The maximum atomic E-state index is 10.5. The van der Waals surface area contributed by atoms with Crippen molar-refractivity contribution in [2.45, 2.75) is 26.4 Å². The van der Waals surface area contributed by atoms with Crippen molar-refractivity contribution in [2.24, 2.45) is 0 Å². The van der Waals surface area contributed by atoms with Gasteiger partial charge in [0.1, 0.15) is 0 Å². The number of hydrogen-bond acceptors (Lipinski definition) is 3. The van der Waals surface area contributed by atoms with Crippen LogP contribution in [0.2, 0.25) is 0 Å². The number of aliphatic carboxylic acids is 2. The predicted molar refractivity (Wildman–Crippen MR) is 44.3 cm³/mol. The van der Waals surface area contributed by atoms with Crippen LogP contribution < -0.4 is 0 Å². The lowest BCUT2D eigenvalue weighted by Gasteiger charge is -2.06. The molecule has 0 fully saturated rings. The lowest BCUT2D eigenvalue weighted by Crippen LogP contribution is -2.14. The Morgan fingerprint density at radius 3 is 1.92 bits per heavy atom. The molecule has 0 bridgehead atoms. The molecule has 0 aliphatic rings. The van der Waals surface area contributed by atoms with Gasteiger partial charge >= 0.3 is 11.9 Å². The first-order valence-corrected chi connectivity index (χ1v) is 3.70. The van der Waals surface area contributed by atoms with Gasteiger partial charge < -0.3 is 15.3 Å². The Bertz CT molecular complexity index is 251. The summed E-state index contributed by atoms with van der Waals surface area (Å²) in [7, 11) is 0. The van der Waals surface area contributed by atoms with E-state index in [1.807, 2.05) is 0 Å². The molecule has 5 nitrogen and oxygen atoms in total. The van der Waals surface area contributed by atoms with Crippen molar-refractivity contribution in [2.75, 3.05) is 0 Å². The Morgan fingerprint density at radius 1 is 1.23 bits per heavy atom. The SMILES string of the molecule is CC(C(=O)O)=C(CC(C)O)C(=O)O. The minimum Gasteiger partial charge on any atom is -0.478 e. The first-order chi connectivity index (χ1) is 5.86. The van der Waals surface area contributed by atoms with Gasteiger partial charge in [-0.15, -0.1) is 0 Å². The molecule has 74 valence electrons. The third-order valence-corrected chi connectivity index (χ3v) is 1.53. The van der Waals surface area contributed by atoms with Gasteiger partial charge in [-0.25, -0.2) is 9.59 Å². The highest BCUT2D eigenvalue weighted by Crippen LogP contribution is 2.11. The molecule has 0 aliphatic heterocycles. The van der Waals surface area contributed by atoms with Crippen molar-refractivity contribution in [1.29, 1.82) is 0 Å². The predicted octanol–water partition coefficient (Wildman–Crippen LogP) is 0.243. The molecule has 5 heteroatoms. The molecule has 0 rings (SSSR count). The summed E-state index contributed by atoms with van der Waals surface area (Å²) >= 11 is 0. The fourth-order valence-corrected chi connectivity index (χ4v) is 0.825. The number of carboxylic acid groups (broad SMARTS) is 2. The van der Waals surface area contributed by atoms with Crippen LogP contribution >= 0.6 is 0 Å². The van der Waals surface area contributed by atoms with E-state index in [0.29, 0.717) is 0 Å². The lowest BCUT2D eigenvalue weighted by atomic mass is 10.0. The van der Waals surface area contributed by atoms with Crippen molar-refractivity contribution >= 4 is 11.9 Å². The molecule has 13 heavy (non-hydrogen) atoms. The molecule has 0 aromatic rings. The first-order valence-electron chi connectivity index (χ1n) is 3.70. The Balaban J connectivity index is 4.89. The van der Waals surface area contributed by atoms with Crippen molar-refractivity contribution < 1.29 is 24.9 Å². The molecule has 0 spiro atoms. The lowest BCUT2D eigenvalue weighted by molar-refractivity contribution is -0.136. The second kappa shape index (κ2) is 4.61. The Labute approximate surface area is 75.3 Å². The van der Waals surface area contributed by atoms with E-state index in [-0.39, 0.29) is 17.6 Å². The molecular weight excluding hydrogens is 176 g/mol. The summed E-state index contributed by atoms with van der Waals surface area (Å²) in [4.78, 5) is 21.0. The van der Waals surface area contributed by atoms with Crippen LogP contribution in [0.5, 0.6) is 0 Å². The van der Waals surface area contributed by atoms with Crippen LogP contribution in [0, 0.1) is 0 Å². The van der Waals surface area contributed by atoms with E-state index in [1.165, 1.54) is 13.8 Å². The average Bonchev–Trinajstić information content (AvgIpc) is 1.97. The Hall–Kier alpha value is -1.36. The van der Waals surface area contributed by atoms with E-state index < -0.39 is 18.0 Å².